The summed E-state index contributed by atoms with van der Waals surface area (Å²) in [6, 6.07) is 7.55. The van der Waals surface area contributed by atoms with Gasteiger partial charge in [0.15, 0.2) is 6.29 Å². The molecule has 0 radical (unpaired) electrons. The molecule has 0 spiro atoms. The average molecular weight is 335 g/mol. The Morgan fingerprint density at radius 2 is 2.12 bits per heavy atom. The fourth-order valence-corrected chi connectivity index (χ4v) is 3.65. The minimum Gasteiger partial charge on any atom is -0.321 e. The Hall–Kier alpha value is -3.06. The number of nitrogens with zero attached hydrogens (tertiary/aromatic N) is 3. The molecule has 0 aliphatic heterocycles. The highest BCUT2D eigenvalue weighted by atomic mass is 32.1. The number of carbonyl (C=O) groups excluding carboxylic acids is 1. The molecule has 0 saturated heterocycles. The van der Waals surface area contributed by atoms with E-state index in [0.29, 0.717) is 11.5 Å². The zero-order valence-corrected chi connectivity index (χ0v) is 13.6. The van der Waals surface area contributed by atoms with Crippen molar-refractivity contribution >= 4 is 39.5 Å². The third kappa shape index (κ3) is 2.44. The van der Waals surface area contributed by atoms with E-state index in [-0.39, 0.29) is 0 Å². The van der Waals surface area contributed by atoms with Gasteiger partial charge in [-0.05, 0) is 12.5 Å². The Kier molecular flexibility index (Phi) is 3.55. The monoisotopic (exact) mass is 335 g/mol. The van der Waals surface area contributed by atoms with Crippen LogP contribution >= 0.6 is 11.3 Å². The first-order valence-corrected chi connectivity index (χ1v) is 8.14. The zero-order valence-electron chi connectivity index (χ0n) is 12.8. The standard InChI is InChI=1S/C17H13N5OS/c1-10-15(13-5-3-2-4-11(13)9-23)16-14(24-10)8-18-17(22-16)21-12-6-19-20-7-12/h2-9H,1H3,(H,19,20)(H,18,21,22). The maximum Gasteiger partial charge on any atom is 0.227 e. The minimum absolute atomic E-state index is 0.492. The van der Waals surface area contributed by atoms with Crippen molar-refractivity contribution in [3.63, 3.8) is 0 Å². The Morgan fingerprint density at radius 1 is 1.25 bits per heavy atom. The van der Waals surface area contributed by atoms with Crippen LogP contribution in [0.2, 0.25) is 0 Å². The van der Waals surface area contributed by atoms with Gasteiger partial charge in [-0.15, -0.1) is 11.3 Å². The normalized spacial score (nSPS) is 10.9. The van der Waals surface area contributed by atoms with E-state index in [1.54, 1.807) is 29.9 Å². The molecular formula is C17H13N5OS. The summed E-state index contributed by atoms with van der Waals surface area (Å²) in [5, 5.41) is 9.74. The number of nitrogens with one attached hydrogen (secondary N) is 2. The lowest BCUT2D eigenvalue weighted by molar-refractivity contribution is 0.112. The number of carbonyl (C=O) groups is 1. The smallest absolute Gasteiger partial charge is 0.227 e. The van der Waals surface area contributed by atoms with E-state index in [1.807, 2.05) is 31.2 Å². The summed E-state index contributed by atoms with van der Waals surface area (Å²) in [5.41, 5.74) is 4.16. The molecule has 0 bridgehead atoms. The molecule has 4 rings (SSSR count). The van der Waals surface area contributed by atoms with E-state index in [1.165, 1.54) is 0 Å². The molecule has 3 aromatic heterocycles. The third-order valence-electron chi connectivity index (χ3n) is 3.72. The van der Waals surface area contributed by atoms with Crippen molar-refractivity contribution in [2.45, 2.75) is 6.92 Å². The van der Waals surface area contributed by atoms with Crippen LogP contribution in [-0.2, 0) is 0 Å². The second kappa shape index (κ2) is 5.86. The number of fused-ring (bicyclic) bond motifs is 1. The van der Waals surface area contributed by atoms with Gasteiger partial charge in [0.2, 0.25) is 5.95 Å². The van der Waals surface area contributed by atoms with E-state index in [2.05, 4.69) is 25.5 Å². The molecule has 24 heavy (non-hydrogen) atoms. The van der Waals surface area contributed by atoms with E-state index in [4.69, 9.17) is 0 Å². The number of aromatic amines is 1. The predicted molar refractivity (Wildman–Crippen MR) is 94.8 cm³/mol. The maximum atomic E-state index is 11.4. The van der Waals surface area contributed by atoms with E-state index >= 15 is 0 Å². The molecule has 7 heteroatoms. The second-order valence-electron chi connectivity index (χ2n) is 5.26. The number of benzene rings is 1. The summed E-state index contributed by atoms with van der Waals surface area (Å²) in [5.74, 6) is 0.492. The predicted octanol–water partition coefficient (Wildman–Crippen LogP) is 3.95. The van der Waals surface area contributed by atoms with Gasteiger partial charge < -0.3 is 5.32 Å². The van der Waals surface area contributed by atoms with Crippen LogP contribution < -0.4 is 5.32 Å². The molecular weight excluding hydrogens is 322 g/mol. The number of aldehydes is 1. The van der Waals surface area contributed by atoms with Crippen LogP contribution in [0.3, 0.4) is 0 Å². The van der Waals surface area contributed by atoms with Crippen molar-refractivity contribution in [3.8, 4) is 11.1 Å². The topological polar surface area (TPSA) is 83.6 Å². The number of H-pyrrole nitrogens is 1. The summed E-state index contributed by atoms with van der Waals surface area (Å²) >= 11 is 1.62. The van der Waals surface area contributed by atoms with Crippen LogP contribution in [0.5, 0.6) is 0 Å². The molecule has 0 atom stereocenters. The van der Waals surface area contributed by atoms with Gasteiger partial charge in [0.1, 0.15) is 0 Å². The van der Waals surface area contributed by atoms with Gasteiger partial charge in [-0.3, -0.25) is 9.89 Å². The summed E-state index contributed by atoms with van der Waals surface area (Å²) < 4.78 is 0.987. The minimum atomic E-state index is 0.492. The van der Waals surface area contributed by atoms with Crippen LogP contribution in [-0.4, -0.2) is 26.5 Å². The number of hydrogen-bond acceptors (Lipinski definition) is 6. The summed E-state index contributed by atoms with van der Waals surface area (Å²) in [7, 11) is 0. The molecule has 0 aliphatic carbocycles. The number of rotatable bonds is 4. The lowest BCUT2D eigenvalue weighted by Gasteiger charge is -2.06. The molecule has 6 nitrogen and oxygen atoms in total. The first kappa shape index (κ1) is 14.5. The van der Waals surface area contributed by atoms with Crippen molar-refractivity contribution in [1.29, 1.82) is 0 Å². The molecule has 3 heterocycles. The van der Waals surface area contributed by atoms with Gasteiger partial charge in [0.25, 0.3) is 0 Å². The molecule has 0 saturated carbocycles. The molecule has 0 amide bonds. The van der Waals surface area contributed by atoms with Crippen molar-refractivity contribution < 1.29 is 4.79 Å². The number of thiophene rings is 1. The highest BCUT2D eigenvalue weighted by Gasteiger charge is 2.16. The van der Waals surface area contributed by atoms with Gasteiger partial charge in [0, 0.05) is 22.2 Å². The van der Waals surface area contributed by atoms with Crippen molar-refractivity contribution in [3.05, 3.63) is 53.3 Å². The van der Waals surface area contributed by atoms with Crippen molar-refractivity contribution in [1.82, 2.24) is 20.2 Å². The lowest BCUT2D eigenvalue weighted by Crippen LogP contribution is -1.96. The molecule has 118 valence electrons. The molecule has 0 fully saturated rings. The van der Waals surface area contributed by atoms with E-state index < -0.39 is 0 Å². The second-order valence-corrected chi connectivity index (χ2v) is 6.51. The van der Waals surface area contributed by atoms with Gasteiger partial charge in [-0.2, -0.15) is 5.10 Å². The van der Waals surface area contributed by atoms with Crippen LogP contribution in [0.25, 0.3) is 21.3 Å². The number of aromatic nitrogens is 4. The fraction of sp³-hybridized carbons (Fsp3) is 0.0588. The van der Waals surface area contributed by atoms with Crippen molar-refractivity contribution in [2.75, 3.05) is 5.32 Å². The highest BCUT2D eigenvalue weighted by molar-refractivity contribution is 7.19. The molecule has 0 aliphatic rings. The first-order chi connectivity index (χ1) is 11.8. The van der Waals surface area contributed by atoms with Crippen LogP contribution in [0.15, 0.2) is 42.9 Å². The molecule has 1 aromatic carbocycles. The Balaban J connectivity index is 1.88. The SMILES string of the molecule is Cc1sc2cnc(Nc3cn[nH]c3)nc2c1-c1ccccc1C=O. The van der Waals surface area contributed by atoms with E-state index in [9.17, 15) is 4.79 Å². The summed E-state index contributed by atoms with van der Waals surface area (Å²) in [4.78, 5) is 21.5. The third-order valence-corrected chi connectivity index (χ3v) is 4.75. The average Bonchev–Trinajstić information content (AvgIpc) is 3.21. The maximum absolute atomic E-state index is 11.4. The summed E-state index contributed by atoms with van der Waals surface area (Å²) in [6.45, 7) is 2.03. The molecule has 0 unspecified atom stereocenters. The van der Waals surface area contributed by atoms with E-state index in [0.717, 1.165) is 38.2 Å². The quantitative estimate of drug-likeness (QED) is 0.552. The number of anilines is 2. The lowest BCUT2D eigenvalue weighted by atomic mass is 10.0. The van der Waals surface area contributed by atoms with Crippen molar-refractivity contribution in [2.24, 2.45) is 0 Å². The first-order valence-electron chi connectivity index (χ1n) is 7.33. The fourth-order valence-electron chi connectivity index (χ4n) is 2.66. The Morgan fingerprint density at radius 3 is 2.92 bits per heavy atom. The number of aryl methyl sites for hydroxylation is 1. The van der Waals surface area contributed by atoms with Crippen LogP contribution in [0.1, 0.15) is 15.2 Å². The van der Waals surface area contributed by atoms with Crippen LogP contribution in [0.4, 0.5) is 11.6 Å². The van der Waals surface area contributed by atoms with Crippen LogP contribution in [0, 0.1) is 6.92 Å². The largest absolute Gasteiger partial charge is 0.321 e. The zero-order chi connectivity index (χ0) is 16.5. The summed E-state index contributed by atoms with van der Waals surface area (Å²) in [6.07, 6.45) is 6.07. The van der Waals surface area contributed by atoms with Gasteiger partial charge in [-0.25, -0.2) is 9.97 Å². The molecule has 2 N–H and O–H groups in total. The Labute approximate surface area is 141 Å². The van der Waals surface area contributed by atoms with Gasteiger partial charge in [-0.1, -0.05) is 24.3 Å². The highest BCUT2D eigenvalue weighted by Crippen LogP contribution is 2.38. The van der Waals surface area contributed by atoms with Gasteiger partial charge in [0.05, 0.1) is 28.3 Å². The Bertz CT molecular complexity index is 1020. The van der Waals surface area contributed by atoms with Gasteiger partial charge >= 0.3 is 0 Å². The molecule has 4 aromatic rings. The number of hydrogen-bond donors (Lipinski definition) is 2.